The molecular weight excluding hydrogens is 462 g/mol. The first kappa shape index (κ1) is 21.0. The first-order valence-electron chi connectivity index (χ1n) is 10.1. The number of carbonyl (C=O) groups excluding carboxylic acids is 1. The van der Waals surface area contributed by atoms with Crippen molar-refractivity contribution in [2.75, 3.05) is 11.1 Å². The number of allylic oxidation sites excluding steroid dienone is 1. The number of nitrogens with zero attached hydrogens (tertiary/aromatic N) is 4. The lowest BCUT2D eigenvalue weighted by atomic mass is 10.2. The quantitative estimate of drug-likeness (QED) is 0.239. The van der Waals surface area contributed by atoms with Gasteiger partial charge in [-0.3, -0.25) is 19.5 Å². The van der Waals surface area contributed by atoms with E-state index in [1.165, 1.54) is 16.6 Å². The van der Waals surface area contributed by atoms with Gasteiger partial charge in [0.05, 0.1) is 11.1 Å². The highest BCUT2D eigenvalue weighted by atomic mass is 32.2. The second kappa shape index (κ2) is 8.97. The fourth-order valence-corrected chi connectivity index (χ4v) is 6.44. The fourth-order valence-electron chi connectivity index (χ4n) is 3.72. The monoisotopic (exact) mass is 481 g/mol. The molecule has 0 spiro atoms. The largest absolute Gasteiger partial charge is 0.300 e. The Hall–Kier alpha value is -2.82. The Kier molecular flexibility index (Phi) is 5.90. The third-order valence-corrected chi connectivity index (χ3v) is 7.93. The van der Waals surface area contributed by atoms with Crippen molar-refractivity contribution >= 4 is 55.9 Å². The zero-order valence-electron chi connectivity index (χ0n) is 17.0. The molecule has 0 aliphatic heterocycles. The zero-order chi connectivity index (χ0) is 22.1. The number of thioether (sulfide) groups is 1. The van der Waals surface area contributed by atoms with Crippen molar-refractivity contribution in [3.8, 4) is 11.4 Å². The van der Waals surface area contributed by atoms with Gasteiger partial charge in [-0.1, -0.05) is 48.2 Å². The smallest absolute Gasteiger partial charge is 0.263 e. The minimum atomic E-state index is -0.223. The first-order valence-corrected chi connectivity index (χ1v) is 12.7. The zero-order valence-corrected chi connectivity index (χ0v) is 19.5. The van der Waals surface area contributed by atoms with E-state index in [1.807, 2.05) is 30.3 Å². The summed E-state index contributed by atoms with van der Waals surface area (Å²) >= 11 is 3.98. The average molecular weight is 482 g/mol. The van der Waals surface area contributed by atoms with E-state index in [9.17, 15) is 9.59 Å². The molecule has 5 rings (SSSR count). The van der Waals surface area contributed by atoms with Crippen LogP contribution in [0, 0.1) is 0 Å². The maximum absolute atomic E-state index is 13.2. The van der Waals surface area contributed by atoms with Crippen LogP contribution in [0.15, 0.2) is 52.9 Å². The summed E-state index contributed by atoms with van der Waals surface area (Å²) < 4.78 is 5.92. The molecule has 10 heteroatoms. The van der Waals surface area contributed by atoms with E-state index in [0.717, 1.165) is 52.1 Å². The van der Waals surface area contributed by atoms with Gasteiger partial charge in [0.25, 0.3) is 5.56 Å². The summed E-state index contributed by atoms with van der Waals surface area (Å²) in [6.07, 6.45) is 4.71. The van der Waals surface area contributed by atoms with E-state index in [0.29, 0.717) is 22.7 Å². The number of hydrogen-bond donors (Lipinski definition) is 1. The van der Waals surface area contributed by atoms with Crippen LogP contribution in [0.25, 0.3) is 21.6 Å². The second-order valence-corrected chi connectivity index (χ2v) is 10.0. The van der Waals surface area contributed by atoms with Crippen molar-refractivity contribution in [3.63, 3.8) is 0 Å². The number of aromatic nitrogens is 4. The number of aryl methyl sites for hydroxylation is 2. The van der Waals surface area contributed by atoms with E-state index in [2.05, 4.69) is 21.3 Å². The lowest BCUT2D eigenvalue weighted by molar-refractivity contribution is -0.113. The van der Waals surface area contributed by atoms with E-state index < -0.39 is 0 Å². The summed E-state index contributed by atoms with van der Waals surface area (Å²) in [5.74, 6) is 0.468. The van der Waals surface area contributed by atoms with E-state index in [-0.39, 0.29) is 17.2 Å². The second-order valence-electron chi connectivity index (χ2n) is 7.26. The van der Waals surface area contributed by atoms with Gasteiger partial charge in [0.2, 0.25) is 11.0 Å². The van der Waals surface area contributed by atoms with Crippen molar-refractivity contribution in [2.45, 2.75) is 31.0 Å². The Morgan fingerprint density at radius 2 is 2.09 bits per heavy atom. The summed E-state index contributed by atoms with van der Waals surface area (Å²) in [7, 11) is 0. The van der Waals surface area contributed by atoms with Crippen LogP contribution >= 0.6 is 34.6 Å². The minimum Gasteiger partial charge on any atom is -0.300 e. The van der Waals surface area contributed by atoms with Crippen molar-refractivity contribution in [1.82, 2.24) is 18.9 Å². The summed E-state index contributed by atoms with van der Waals surface area (Å²) in [5.41, 5.74) is 2.00. The molecule has 162 valence electrons. The number of hydrogen-bond acceptors (Lipinski definition) is 8. The number of amides is 1. The maximum atomic E-state index is 13.2. The topological polar surface area (TPSA) is 89.8 Å². The molecule has 1 aliphatic carbocycles. The molecule has 0 fully saturated rings. The van der Waals surface area contributed by atoms with E-state index >= 15 is 0 Å². The summed E-state index contributed by atoms with van der Waals surface area (Å²) in [5, 5.41) is 4.49. The number of benzene rings is 1. The predicted molar refractivity (Wildman–Crippen MR) is 131 cm³/mol. The third-order valence-electron chi connectivity index (χ3n) is 5.14. The molecule has 3 heterocycles. The highest BCUT2D eigenvalue weighted by Gasteiger charge is 2.23. The maximum Gasteiger partial charge on any atom is 0.263 e. The fraction of sp³-hybridized carbons (Fsp3) is 0.227. The summed E-state index contributed by atoms with van der Waals surface area (Å²) in [4.78, 5) is 36.9. The van der Waals surface area contributed by atoms with Crippen LogP contribution in [0.4, 0.5) is 5.13 Å². The lowest BCUT2D eigenvalue weighted by Crippen LogP contribution is -2.23. The molecule has 0 atom stereocenters. The van der Waals surface area contributed by atoms with Gasteiger partial charge < -0.3 is 0 Å². The molecule has 0 unspecified atom stereocenters. The predicted octanol–water partition coefficient (Wildman–Crippen LogP) is 4.38. The Morgan fingerprint density at radius 3 is 2.91 bits per heavy atom. The van der Waals surface area contributed by atoms with Crippen LogP contribution in [0.3, 0.4) is 0 Å². The molecule has 1 aromatic carbocycles. The van der Waals surface area contributed by atoms with Gasteiger partial charge in [-0.2, -0.15) is 9.36 Å². The number of carbonyl (C=O) groups is 1. The van der Waals surface area contributed by atoms with Crippen LogP contribution in [-0.2, 0) is 24.2 Å². The highest BCUT2D eigenvalue weighted by molar-refractivity contribution is 7.99. The number of anilines is 1. The molecule has 0 bridgehead atoms. The Labute approximate surface area is 196 Å². The molecule has 32 heavy (non-hydrogen) atoms. The van der Waals surface area contributed by atoms with Crippen molar-refractivity contribution in [2.24, 2.45) is 0 Å². The Balaban J connectivity index is 1.33. The van der Waals surface area contributed by atoms with Crippen LogP contribution in [-0.4, -0.2) is 30.6 Å². The molecule has 7 nitrogen and oxygen atoms in total. The van der Waals surface area contributed by atoms with Gasteiger partial charge >= 0.3 is 0 Å². The summed E-state index contributed by atoms with van der Waals surface area (Å²) in [6, 6.07) is 9.60. The molecule has 0 saturated carbocycles. The molecule has 1 amide bonds. The van der Waals surface area contributed by atoms with Gasteiger partial charge in [-0.25, -0.2) is 4.98 Å². The molecule has 1 aliphatic rings. The highest BCUT2D eigenvalue weighted by Crippen LogP contribution is 2.35. The number of thiophene rings is 1. The molecular formula is C22H19N5O2S3. The average Bonchev–Trinajstić information content (AvgIpc) is 3.51. The number of nitrogens with one attached hydrogen (secondary N) is 1. The Bertz CT molecular complexity index is 1370. The van der Waals surface area contributed by atoms with Crippen molar-refractivity contribution < 1.29 is 4.79 Å². The van der Waals surface area contributed by atoms with Gasteiger partial charge in [0.15, 0.2) is 11.0 Å². The number of rotatable bonds is 7. The Morgan fingerprint density at radius 1 is 1.25 bits per heavy atom. The molecule has 1 N–H and O–H groups in total. The van der Waals surface area contributed by atoms with Gasteiger partial charge in [0, 0.05) is 28.5 Å². The molecule has 0 saturated heterocycles. The van der Waals surface area contributed by atoms with Gasteiger partial charge in [-0.05, 0) is 24.8 Å². The standard InChI is InChI=1S/C22H19N5O2S3/c1-2-11-27-20(29)17-14-9-6-10-15(14)31-19(17)25-22(27)30-12-16(28)23-21-24-18(26-32-21)13-7-4-3-5-8-13/h2-5,7-8H,1,6,9-12H2,(H,23,24,26,28). The van der Waals surface area contributed by atoms with Gasteiger partial charge in [-0.15, -0.1) is 17.9 Å². The SMILES string of the molecule is C=CCn1c(SCC(=O)Nc2nc(-c3ccccc3)ns2)nc2sc3c(c2c1=O)CCC3. The lowest BCUT2D eigenvalue weighted by Gasteiger charge is -2.10. The molecule has 0 radical (unpaired) electrons. The van der Waals surface area contributed by atoms with E-state index in [4.69, 9.17) is 4.98 Å². The molecule has 3 aromatic heterocycles. The van der Waals surface area contributed by atoms with Crippen LogP contribution in [0.2, 0.25) is 0 Å². The van der Waals surface area contributed by atoms with E-state index in [1.54, 1.807) is 22.0 Å². The van der Waals surface area contributed by atoms with Crippen molar-refractivity contribution in [1.29, 1.82) is 0 Å². The van der Waals surface area contributed by atoms with Gasteiger partial charge in [0.1, 0.15) is 4.83 Å². The van der Waals surface area contributed by atoms with Crippen molar-refractivity contribution in [3.05, 3.63) is 63.8 Å². The third kappa shape index (κ3) is 4.01. The molecule has 4 aromatic rings. The van der Waals surface area contributed by atoms with Crippen LogP contribution < -0.4 is 10.9 Å². The number of fused-ring (bicyclic) bond motifs is 3. The first-order chi connectivity index (χ1) is 15.6. The minimum absolute atomic E-state index is 0.0474. The normalized spacial score (nSPS) is 12.8. The summed E-state index contributed by atoms with van der Waals surface area (Å²) in [6.45, 7) is 4.12. The van der Waals surface area contributed by atoms with Crippen LogP contribution in [0.5, 0.6) is 0 Å². The van der Waals surface area contributed by atoms with Crippen LogP contribution in [0.1, 0.15) is 16.9 Å².